The van der Waals surface area contributed by atoms with Crippen LogP contribution in [0.4, 0.5) is 0 Å². The van der Waals surface area contributed by atoms with Crippen molar-refractivity contribution in [2.75, 3.05) is 39.8 Å². The lowest BCUT2D eigenvalue weighted by Crippen LogP contribution is -2.45. The van der Waals surface area contributed by atoms with Crippen LogP contribution in [-0.2, 0) is 19.6 Å². The smallest absolute Gasteiger partial charge is 0.191 e. The number of rotatable bonds is 7. The van der Waals surface area contributed by atoms with Crippen LogP contribution >= 0.6 is 11.3 Å². The van der Waals surface area contributed by atoms with E-state index in [4.69, 9.17) is 0 Å². The Kier molecular flexibility index (Phi) is 7.89. The van der Waals surface area contributed by atoms with Gasteiger partial charge in [-0.05, 0) is 41.6 Å². The second-order valence-electron chi connectivity index (χ2n) is 7.29. The van der Waals surface area contributed by atoms with Crippen molar-refractivity contribution in [3.63, 3.8) is 0 Å². The molecule has 1 aliphatic heterocycles. The molecule has 0 bridgehead atoms. The number of likely N-dealkylation sites (N-methyl/N-ethyl adjacent to an activating group) is 1. The summed E-state index contributed by atoms with van der Waals surface area (Å²) in [7, 11) is 1.83. The van der Waals surface area contributed by atoms with E-state index in [-0.39, 0.29) is 0 Å². The van der Waals surface area contributed by atoms with Crippen molar-refractivity contribution in [2.24, 2.45) is 4.99 Å². The molecule has 1 aliphatic rings. The van der Waals surface area contributed by atoms with Crippen molar-refractivity contribution in [3.05, 3.63) is 57.3 Å². The summed E-state index contributed by atoms with van der Waals surface area (Å²) in [6, 6.07) is 10.9. The number of benzene rings is 1. The Morgan fingerprint density at radius 2 is 1.68 bits per heavy atom. The molecule has 0 aliphatic carbocycles. The van der Waals surface area contributed by atoms with Crippen LogP contribution in [0.1, 0.15) is 28.5 Å². The molecule has 0 amide bonds. The van der Waals surface area contributed by atoms with Gasteiger partial charge < -0.3 is 15.5 Å². The van der Waals surface area contributed by atoms with E-state index < -0.39 is 0 Å². The molecule has 0 radical (unpaired) electrons. The van der Waals surface area contributed by atoms with Crippen molar-refractivity contribution >= 4 is 17.3 Å². The molecule has 5 nitrogen and oxygen atoms in total. The van der Waals surface area contributed by atoms with Gasteiger partial charge in [-0.15, -0.1) is 11.3 Å². The van der Waals surface area contributed by atoms with Crippen LogP contribution in [-0.4, -0.2) is 55.5 Å². The molecule has 2 aromatic rings. The number of nitrogens with one attached hydrogen (secondary N) is 2. The highest BCUT2D eigenvalue weighted by molar-refractivity contribution is 7.10. The van der Waals surface area contributed by atoms with Gasteiger partial charge in [0.2, 0.25) is 0 Å². The second-order valence-corrected chi connectivity index (χ2v) is 8.29. The third-order valence-electron chi connectivity index (χ3n) is 5.48. The van der Waals surface area contributed by atoms with Crippen molar-refractivity contribution in [2.45, 2.75) is 33.5 Å². The Balaban J connectivity index is 1.53. The highest BCUT2D eigenvalue weighted by atomic mass is 32.1. The molecule has 0 spiro atoms. The largest absolute Gasteiger partial charge is 0.352 e. The molecule has 0 atom stereocenters. The Labute approximate surface area is 173 Å². The van der Waals surface area contributed by atoms with Gasteiger partial charge in [0.05, 0.1) is 6.54 Å². The summed E-state index contributed by atoms with van der Waals surface area (Å²) in [5.41, 5.74) is 4.08. The van der Waals surface area contributed by atoms with Gasteiger partial charge in [-0.2, -0.15) is 0 Å². The van der Waals surface area contributed by atoms with Crippen LogP contribution in [0.25, 0.3) is 0 Å². The van der Waals surface area contributed by atoms with Crippen LogP contribution in [0, 0.1) is 6.92 Å². The van der Waals surface area contributed by atoms with E-state index >= 15 is 0 Å². The first-order chi connectivity index (χ1) is 13.7. The van der Waals surface area contributed by atoms with Crippen molar-refractivity contribution in [3.8, 4) is 0 Å². The van der Waals surface area contributed by atoms with Crippen LogP contribution in [0.2, 0.25) is 0 Å². The summed E-state index contributed by atoms with van der Waals surface area (Å²) in [5, 5.41) is 9.04. The van der Waals surface area contributed by atoms with Gasteiger partial charge in [-0.25, -0.2) is 0 Å². The number of aliphatic imine (C=N–C) groups is 1. The fourth-order valence-electron chi connectivity index (χ4n) is 3.54. The minimum Gasteiger partial charge on any atom is -0.352 e. The Bertz CT molecular complexity index is 762. The zero-order valence-electron chi connectivity index (χ0n) is 17.4. The van der Waals surface area contributed by atoms with E-state index in [2.05, 4.69) is 75.0 Å². The first-order valence-electron chi connectivity index (χ1n) is 10.2. The number of guanidine groups is 1. The molecule has 0 unspecified atom stereocenters. The number of hydrogen-bond acceptors (Lipinski definition) is 4. The van der Waals surface area contributed by atoms with Gasteiger partial charge in [0.25, 0.3) is 0 Å². The molecular weight excluding hydrogens is 366 g/mol. The Morgan fingerprint density at radius 1 is 1.00 bits per heavy atom. The molecule has 1 aromatic heterocycles. The first kappa shape index (κ1) is 20.8. The molecule has 3 rings (SSSR count). The number of piperazine rings is 1. The average Bonchev–Trinajstić information content (AvgIpc) is 3.14. The normalized spacial score (nSPS) is 16.3. The molecule has 0 saturated carbocycles. The maximum Gasteiger partial charge on any atom is 0.191 e. The van der Waals surface area contributed by atoms with E-state index in [9.17, 15) is 0 Å². The second kappa shape index (κ2) is 10.6. The highest BCUT2D eigenvalue weighted by Crippen LogP contribution is 2.15. The fraction of sp³-hybridized carbons (Fsp3) is 0.500. The lowest BCUT2D eigenvalue weighted by molar-refractivity contribution is 0.131. The first-order valence-corrected chi connectivity index (χ1v) is 11.1. The zero-order valence-corrected chi connectivity index (χ0v) is 18.2. The lowest BCUT2D eigenvalue weighted by Gasteiger charge is -2.34. The Hall–Kier alpha value is -1.89. The number of aryl methyl sites for hydroxylation is 1. The summed E-state index contributed by atoms with van der Waals surface area (Å²) >= 11 is 1.79. The van der Waals surface area contributed by atoms with Crippen LogP contribution in [0.5, 0.6) is 0 Å². The summed E-state index contributed by atoms with van der Waals surface area (Å²) in [5.74, 6) is 0.846. The highest BCUT2D eigenvalue weighted by Gasteiger charge is 2.16. The predicted octanol–water partition coefficient (Wildman–Crippen LogP) is 3.06. The third kappa shape index (κ3) is 5.80. The van der Waals surface area contributed by atoms with Gasteiger partial charge in [-0.3, -0.25) is 9.89 Å². The van der Waals surface area contributed by atoms with E-state index in [0.717, 1.165) is 45.2 Å². The quantitative estimate of drug-likeness (QED) is 0.555. The summed E-state index contributed by atoms with van der Waals surface area (Å²) < 4.78 is 0. The SMILES string of the molecule is CCN1CCN(Cc2ccccc2CNC(=NC)NCc2sccc2C)CC1. The molecule has 2 heterocycles. The lowest BCUT2D eigenvalue weighted by atomic mass is 10.1. The molecular formula is C22H33N5S. The van der Waals surface area contributed by atoms with Gasteiger partial charge in [0.1, 0.15) is 0 Å². The molecule has 152 valence electrons. The summed E-state index contributed by atoms with van der Waals surface area (Å²) in [6.07, 6.45) is 0. The van der Waals surface area contributed by atoms with Crippen molar-refractivity contribution < 1.29 is 0 Å². The zero-order chi connectivity index (χ0) is 19.8. The third-order valence-corrected chi connectivity index (χ3v) is 6.50. The van der Waals surface area contributed by atoms with E-state index in [1.807, 2.05) is 7.05 Å². The van der Waals surface area contributed by atoms with Crippen LogP contribution in [0.3, 0.4) is 0 Å². The Morgan fingerprint density at radius 3 is 2.32 bits per heavy atom. The number of hydrogen-bond donors (Lipinski definition) is 2. The van der Waals surface area contributed by atoms with Crippen LogP contribution < -0.4 is 10.6 Å². The average molecular weight is 400 g/mol. The molecule has 6 heteroatoms. The van der Waals surface area contributed by atoms with Gasteiger partial charge >= 0.3 is 0 Å². The minimum atomic E-state index is 0.786. The maximum absolute atomic E-state index is 4.38. The van der Waals surface area contributed by atoms with E-state index in [1.165, 1.54) is 34.7 Å². The number of nitrogens with zero attached hydrogens (tertiary/aromatic N) is 3. The predicted molar refractivity (Wildman–Crippen MR) is 120 cm³/mol. The summed E-state index contributed by atoms with van der Waals surface area (Å²) in [4.78, 5) is 10.8. The number of thiophene rings is 1. The van der Waals surface area contributed by atoms with Gasteiger partial charge in [-0.1, -0.05) is 31.2 Å². The fourth-order valence-corrected chi connectivity index (χ4v) is 4.38. The molecule has 1 saturated heterocycles. The van der Waals surface area contributed by atoms with Crippen LogP contribution in [0.15, 0.2) is 40.7 Å². The van der Waals surface area contributed by atoms with E-state index in [1.54, 1.807) is 11.3 Å². The molecule has 1 fully saturated rings. The minimum absolute atomic E-state index is 0.786. The van der Waals surface area contributed by atoms with Crippen molar-refractivity contribution in [1.29, 1.82) is 0 Å². The maximum atomic E-state index is 4.38. The standard InChI is InChI=1S/C22H33N5S/c1-4-26-10-12-27(13-11-26)17-20-8-6-5-7-19(20)15-24-22(23-3)25-16-21-18(2)9-14-28-21/h5-9,14H,4,10-13,15-17H2,1-3H3,(H2,23,24,25). The molecule has 2 N–H and O–H groups in total. The summed E-state index contributed by atoms with van der Waals surface area (Å²) in [6.45, 7) is 12.8. The van der Waals surface area contributed by atoms with Gasteiger partial charge in [0, 0.05) is 51.2 Å². The molecule has 28 heavy (non-hydrogen) atoms. The molecule has 1 aromatic carbocycles. The van der Waals surface area contributed by atoms with Gasteiger partial charge in [0.15, 0.2) is 5.96 Å². The van der Waals surface area contributed by atoms with E-state index in [0.29, 0.717) is 0 Å². The van der Waals surface area contributed by atoms with Crippen molar-refractivity contribution in [1.82, 2.24) is 20.4 Å². The topological polar surface area (TPSA) is 42.9 Å². The monoisotopic (exact) mass is 399 g/mol.